The maximum atomic E-state index is 6.00. The molecule has 3 rings (SSSR count). The van der Waals surface area contributed by atoms with E-state index in [2.05, 4.69) is 14.7 Å². The Morgan fingerprint density at radius 3 is 2.85 bits per heavy atom. The Bertz CT molecular complexity index is 598. The first-order valence-electron chi connectivity index (χ1n) is 6.60. The summed E-state index contributed by atoms with van der Waals surface area (Å²) in [7, 11) is 1.78. The van der Waals surface area contributed by atoms with Gasteiger partial charge in [0, 0.05) is 24.7 Å². The molecule has 0 bridgehead atoms. The van der Waals surface area contributed by atoms with E-state index in [1.807, 2.05) is 12.3 Å². The van der Waals surface area contributed by atoms with Crippen LogP contribution in [0.25, 0.3) is 10.6 Å². The number of rotatable bonds is 5. The maximum Gasteiger partial charge on any atom is 0.149 e. The summed E-state index contributed by atoms with van der Waals surface area (Å²) in [6, 6.07) is 0. The first kappa shape index (κ1) is 13.8. The van der Waals surface area contributed by atoms with Crippen molar-refractivity contribution in [2.24, 2.45) is 0 Å². The molecule has 1 aliphatic carbocycles. The van der Waals surface area contributed by atoms with Crippen LogP contribution < -0.4 is 11.1 Å². The summed E-state index contributed by atoms with van der Waals surface area (Å²) in [6.45, 7) is 2.78. The number of nitrogens with zero attached hydrogens (tertiary/aromatic N) is 2. The smallest absolute Gasteiger partial charge is 0.149 e. The first-order chi connectivity index (χ1) is 9.63. The third kappa shape index (κ3) is 2.41. The number of thiazole rings is 1. The van der Waals surface area contributed by atoms with Crippen molar-refractivity contribution in [1.82, 2.24) is 9.36 Å². The van der Waals surface area contributed by atoms with Gasteiger partial charge in [0.2, 0.25) is 0 Å². The van der Waals surface area contributed by atoms with Crippen LogP contribution in [0.5, 0.6) is 0 Å². The molecule has 0 spiro atoms. The van der Waals surface area contributed by atoms with Crippen molar-refractivity contribution >= 4 is 33.7 Å². The molecule has 7 heteroatoms. The Labute approximate surface area is 126 Å². The summed E-state index contributed by atoms with van der Waals surface area (Å²) >= 11 is 2.99. The van der Waals surface area contributed by atoms with Crippen molar-refractivity contribution in [2.45, 2.75) is 31.8 Å². The van der Waals surface area contributed by atoms with Crippen LogP contribution in [0.4, 0.5) is 10.8 Å². The number of aryl methyl sites for hydroxylation is 1. The van der Waals surface area contributed by atoms with Crippen molar-refractivity contribution in [3.05, 3.63) is 11.1 Å². The van der Waals surface area contributed by atoms with E-state index in [0.717, 1.165) is 40.7 Å². The molecule has 1 fully saturated rings. The Morgan fingerprint density at radius 2 is 2.30 bits per heavy atom. The van der Waals surface area contributed by atoms with Crippen molar-refractivity contribution in [3.8, 4) is 10.6 Å². The lowest BCUT2D eigenvalue weighted by Gasteiger charge is -2.40. The highest BCUT2D eigenvalue weighted by Crippen LogP contribution is 2.40. The van der Waals surface area contributed by atoms with Crippen LogP contribution in [0.15, 0.2) is 5.38 Å². The van der Waals surface area contributed by atoms with Gasteiger partial charge in [-0.3, -0.25) is 0 Å². The van der Waals surface area contributed by atoms with E-state index in [4.69, 9.17) is 10.5 Å². The molecule has 0 radical (unpaired) electrons. The van der Waals surface area contributed by atoms with E-state index in [1.54, 1.807) is 18.4 Å². The van der Waals surface area contributed by atoms with Gasteiger partial charge in [0.05, 0.1) is 11.2 Å². The molecule has 5 nitrogen and oxygen atoms in total. The van der Waals surface area contributed by atoms with Gasteiger partial charge in [-0.25, -0.2) is 4.98 Å². The molecular formula is C13H18N4OS2. The predicted molar refractivity (Wildman–Crippen MR) is 84.5 cm³/mol. The van der Waals surface area contributed by atoms with Crippen LogP contribution in [-0.2, 0) is 4.74 Å². The van der Waals surface area contributed by atoms with Gasteiger partial charge in [-0.15, -0.1) is 11.3 Å². The van der Waals surface area contributed by atoms with Gasteiger partial charge in [-0.2, -0.15) is 4.37 Å². The number of anilines is 2. The van der Waals surface area contributed by atoms with E-state index in [0.29, 0.717) is 5.82 Å². The lowest BCUT2D eigenvalue weighted by Crippen LogP contribution is -2.45. The SMILES string of the molecule is COC1(CNc2snc(N)c2-c2nc(C)cs2)CCC1. The third-order valence-corrected chi connectivity index (χ3v) is 5.62. The maximum absolute atomic E-state index is 6.00. The van der Waals surface area contributed by atoms with Crippen molar-refractivity contribution in [3.63, 3.8) is 0 Å². The van der Waals surface area contributed by atoms with Gasteiger partial charge in [-0.05, 0) is 37.7 Å². The fourth-order valence-corrected chi connectivity index (χ4v) is 3.99. The van der Waals surface area contributed by atoms with Gasteiger partial charge in [0.15, 0.2) is 0 Å². The van der Waals surface area contributed by atoms with E-state index in [-0.39, 0.29) is 5.60 Å². The largest absolute Gasteiger partial charge is 0.382 e. The van der Waals surface area contributed by atoms with E-state index in [9.17, 15) is 0 Å². The van der Waals surface area contributed by atoms with E-state index in [1.165, 1.54) is 18.0 Å². The van der Waals surface area contributed by atoms with Crippen molar-refractivity contribution in [2.75, 3.05) is 24.7 Å². The zero-order chi connectivity index (χ0) is 14.2. The Balaban J connectivity index is 1.80. The highest BCUT2D eigenvalue weighted by Gasteiger charge is 2.37. The molecule has 0 atom stereocenters. The second-order valence-electron chi connectivity index (χ2n) is 5.16. The predicted octanol–water partition coefficient (Wildman–Crippen LogP) is 3.14. The van der Waals surface area contributed by atoms with Crippen molar-refractivity contribution in [1.29, 1.82) is 0 Å². The highest BCUT2D eigenvalue weighted by molar-refractivity contribution is 7.15. The van der Waals surface area contributed by atoms with E-state index >= 15 is 0 Å². The second-order valence-corrected chi connectivity index (χ2v) is 6.79. The highest BCUT2D eigenvalue weighted by atomic mass is 32.1. The summed E-state index contributed by atoms with van der Waals surface area (Å²) in [5.74, 6) is 0.548. The monoisotopic (exact) mass is 310 g/mol. The lowest BCUT2D eigenvalue weighted by atomic mass is 9.80. The molecule has 0 saturated heterocycles. The molecule has 0 amide bonds. The summed E-state index contributed by atoms with van der Waals surface area (Å²) in [4.78, 5) is 4.51. The number of ether oxygens (including phenoxy) is 1. The van der Waals surface area contributed by atoms with Crippen LogP contribution in [0, 0.1) is 6.92 Å². The average molecular weight is 310 g/mol. The standard InChI is InChI=1S/C13H18N4OS2/c1-8-6-19-12(16-8)9-10(14)17-20-11(9)15-7-13(18-2)4-3-5-13/h6,15H,3-5,7H2,1-2H3,(H2,14,17). The zero-order valence-corrected chi connectivity index (χ0v) is 13.2. The molecule has 2 heterocycles. The second kappa shape index (κ2) is 5.31. The normalized spacial score (nSPS) is 16.9. The number of nitrogens with two attached hydrogens (primary N) is 1. The van der Waals surface area contributed by atoms with Crippen LogP contribution in [0.2, 0.25) is 0 Å². The average Bonchev–Trinajstić information content (AvgIpc) is 2.95. The molecule has 2 aromatic rings. The van der Waals surface area contributed by atoms with Gasteiger partial charge in [0.1, 0.15) is 15.8 Å². The zero-order valence-electron chi connectivity index (χ0n) is 11.6. The fraction of sp³-hybridized carbons (Fsp3) is 0.538. The summed E-state index contributed by atoms with van der Waals surface area (Å²) < 4.78 is 9.88. The molecule has 1 aliphatic rings. The molecule has 0 unspecified atom stereocenters. The number of aromatic nitrogens is 2. The van der Waals surface area contributed by atoms with Gasteiger partial charge >= 0.3 is 0 Å². The minimum atomic E-state index is -0.0190. The molecule has 0 aliphatic heterocycles. The summed E-state index contributed by atoms with van der Waals surface area (Å²) in [5, 5.41) is 7.39. The van der Waals surface area contributed by atoms with Crippen LogP contribution >= 0.6 is 22.9 Å². The van der Waals surface area contributed by atoms with Gasteiger partial charge in [0.25, 0.3) is 0 Å². The van der Waals surface area contributed by atoms with Crippen LogP contribution in [0.3, 0.4) is 0 Å². The van der Waals surface area contributed by atoms with Gasteiger partial charge < -0.3 is 15.8 Å². The van der Waals surface area contributed by atoms with Crippen LogP contribution in [0.1, 0.15) is 25.0 Å². The summed E-state index contributed by atoms with van der Waals surface area (Å²) in [6.07, 6.45) is 3.45. The third-order valence-electron chi connectivity index (χ3n) is 3.82. The Kier molecular flexibility index (Phi) is 3.66. The number of methoxy groups -OCH3 is 1. The molecule has 108 valence electrons. The van der Waals surface area contributed by atoms with Crippen LogP contribution in [-0.4, -0.2) is 28.6 Å². The number of hydrogen-bond acceptors (Lipinski definition) is 7. The quantitative estimate of drug-likeness (QED) is 0.887. The van der Waals surface area contributed by atoms with E-state index < -0.39 is 0 Å². The lowest BCUT2D eigenvalue weighted by molar-refractivity contribution is -0.0600. The fourth-order valence-electron chi connectivity index (χ4n) is 2.36. The molecular weight excluding hydrogens is 292 g/mol. The number of nitrogens with one attached hydrogen (secondary N) is 1. The number of nitrogen functional groups attached to an aromatic ring is 1. The Hall–Kier alpha value is -1.18. The minimum Gasteiger partial charge on any atom is -0.382 e. The van der Waals surface area contributed by atoms with Gasteiger partial charge in [-0.1, -0.05) is 0 Å². The van der Waals surface area contributed by atoms with Crippen molar-refractivity contribution < 1.29 is 4.74 Å². The Morgan fingerprint density at radius 1 is 1.50 bits per heavy atom. The molecule has 1 saturated carbocycles. The minimum absolute atomic E-state index is 0.0190. The molecule has 3 N–H and O–H groups in total. The number of hydrogen-bond donors (Lipinski definition) is 2. The topological polar surface area (TPSA) is 73.1 Å². The molecule has 2 aromatic heterocycles. The summed E-state index contributed by atoms with van der Waals surface area (Å²) in [5.41, 5.74) is 7.91. The molecule has 0 aromatic carbocycles. The molecule has 20 heavy (non-hydrogen) atoms. The first-order valence-corrected chi connectivity index (χ1v) is 8.25.